The van der Waals surface area contributed by atoms with E-state index in [1.165, 1.54) is 6.39 Å². The number of aromatic nitrogens is 1. The molecular weight excluding hydrogens is 168 g/mol. The highest BCUT2D eigenvalue weighted by atomic mass is 16.3. The lowest BCUT2D eigenvalue weighted by atomic mass is 10.0. The largest absolute Gasteiger partial charge is 0.438 e. The lowest BCUT2D eigenvalue weighted by Gasteiger charge is -2.36. The first kappa shape index (κ1) is 8.29. The van der Waals surface area contributed by atoms with E-state index in [9.17, 15) is 4.79 Å². The van der Waals surface area contributed by atoms with E-state index in [0.717, 1.165) is 13.1 Å². The fraction of sp³-hybridized carbons (Fsp3) is 0.556. The Labute approximate surface area is 76.6 Å². The minimum Gasteiger partial charge on any atom is -0.438 e. The number of aryl methyl sites for hydroxylation is 1. The zero-order valence-electron chi connectivity index (χ0n) is 7.78. The first-order valence-electron chi connectivity index (χ1n) is 4.38. The topological polar surface area (TPSA) is 46.3 Å². The second kappa shape index (κ2) is 2.87. The van der Waals surface area contributed by atoms with Crippen molar-refractivity contribution >= 4 is 5.91 Å². The van der Waals surface area contributed by atoms with E-state index in [1.807, 2.05) is 0 Å². The number of rotatable bonds is 1. The van der Waals surface area contributed by atoms with Crippen LogP contribution in [0, 0.1) is 12.8 Å². The number of amides is 1. The summed E-state index contributed by atoms with van der Waals surface area (Å²) in [6, 6.07) is 0. The molecule has 1 fully saturated rings. The van der Waals surface area contributed by atoms with Gasteiger partial charge in [-0.3, -0.25) is 4.79 Å². The molecule has 1 saturated heterocycles. The molecule has 0 aromatic carbocycles. The molecule has 0 spiro atoms. The quantitative estimate of drug-likeness (QED) is 0.649. The SMILES string of the molecule is Cc1ncoc1C(=O)N1CC(C)C1. The maximum absolute atomic E-state index is 11.6. The summed E-state index contributed by atoms with van der Waals surface area (Å²) < 4.78 is 5.02. The minimum atomic E-state index is -0.0342. The van der Waals surface area contributed by atoms with Crippen LogP contribution >= 0.6 is 0 Å². The van der Waals surface area contributed by atoms with Crippen molar-refractivity contribution in [2.75, 3.05) is 13.1 Å². The summed E-state index contributed by atoms with van der Waals surface area (Å²) in [5, 5.41) is 0. The monoisotopic (exact) mass is 180 g/mol. The molecular formula is C9H12N2O2. The van der Waals surface area contributed by atoms with Crippen LogP contribution in [-0.2, 0) is 0 Å². The van der Waals surface area contributed by atoms with Crippen molar-refractivity contribution in [2.24, 2.45) is 5.92 Å². The fourth-order valence-corrected chi connectivity index (χ4v) is 1.52. The van der Waals surface area contributed by atoms with Gasteiger partial charge >= 0.3 is 0 Å². The summed E-state index contributed by atoms with van der Waals surface area (Å²) in [5.74, 6) is 0.965. The lowest BCUT2D eigenvalue weighted by Crippen LogP contribution is -2.48. The zero-order valence-corrected chi connectivity index (χ0v) is 7.78. The third kappa shape index (κ3) is 1.32. The molecule has 0 unspecified atom stereocenters. The Bertz CT molecular complexity index is 326. The number of likely N-dealkylation sites (tertiary alicyclic amines) is 1. The van der Waals surface area contributed by atoms with E-state index in [-0.39, 0.29) is 5.91 Å². The van der Waals surface area contributed by atoms with E-state index in [2.05, 4.69) is 11.9 Å². The Morgan fingerprint density at radius 2 is 2.38 bits per heavy atom. The van der Waals surface area contributed by atoms with E-state index in [0.29, 0.717) is 17.4 Å². The van der Waals surface area contributed by atoms with Crippen molar-refractivity contribution in [1.82, 2.24) is 9.88 Å². The van der Waals surface area contributed by atoms with E-state index < -0.39 is 0 Å². The van der Waals surface area contributed by atoms with Crippen LogP contribution in [0.4, 0.5) is 0 Å². The second-order valence-corrected chi connectivity index (χ2v) is 3.58. The molecule has 1 aromatic rings. The lowest BCUT2D eigenvalue weighted by molar-refractivity contribution is 0.0497. The summed E-state index contributed by atoms with van der Waals surface area (Å²) in [7, 11) is 0. The van der Waals surface area contributed by atoms with Crippen LogP contribution in [0.1, 0.15) is 23.2 Å². The van der Waals surface area contributed by atoms with Gasteiger partial charge in [0.2, 0.25) is 5.76 Å². The third-order valence-corrected chi connectivity index (χ3v) is 2.29. The van der Waals surface area contributed by atoms with Crippen LogP contribution in [0.5, 0.6) is 0 Å². The van der Waals surface area contributed by atoms with Gasteiger partial charge in [0.25, 0.3) is 5.91 Å². The van der Waals surface area contributed by atoms with Gasteiger partial charge in [-0.2, -0.15) is 0 Å². The Morgan fingerprint density at radius 3 is 2.85 bits per heavy atom. The van der Waals surface area contributed by atoms with Gasteiger partial charge in [0, 0.05) is 13.1 Å². The van der Waals surface area contributed by atoms with E-state index in [1.54, 1.807) is 11.8 Å². The van der Waals surface area contributed by atoms with Gasteiger partial charge in [0.05, 0.1) is 5.69 Å². The number of hydrogen-bond donors (Lipinski definition) is 0. The Kier molecular flexibility index (Phi) is 1.83. The molecule has 4 nitrogen and oxygen atoms in total. The third-order valence-electron chi connectivity index (χ3n) is 2.29. The molecule has 0 bridgehead atoms. The van der Waals surface area contributed by atoms with E-state index >= 15 is 0 Å². The summed E-state index contributed by atoms with van der Waals surface area (Å²) in [4.78, 5) is 17.3. The van der Waals surface area contributed by atoms with Crippen LogP contribution in [0.3, 0.4) is 0 Å². The highest BCUT2D eigenvalue weighted by Gasteiger charge is 2.30. The van der Waals surface area contributed by atoms with Crippen molar-refractivity contribution < 1.29 is 9.21 Å². The molecule has 0 N–H and O–H groups in total. The maximum Gasteiger partial charge on any atom is 0.291 e. The zero-order chi connectivity index (χ0) is 9.42. The van der Waals surface area contributed by atoms with Crippen molar-refractivity contribution in [3.63, 3.8) is 0 Å². The number of carbonyl (C=O) groups is 1. The number of oxazole rings is 1. The Balaban J connectivity index is 2.10. The molecule has 0 aliphatic carbocycles. The number of hydrogen-bond acceptors (Lipinski definition) is 3. The van der Waals surface area contributed by atoms with Crippen molar-refractivity contribution in [1.29, 1.82) is 0 Å². The highest BCUT2D eigenvalue weighted by Crippen LogP contribution is 2.18. The molecule has 0 atom stereocenters. The first-order chi connectivity index (χ1) is 6.18. The van der Waals surface area contributed by atoms with Crippen molar-refractivity contribution in [3.8, 4) is 0 Å². The smallest absolute Gasteiger partial charge is 0.291 e. The van der Waals surface area contributed by atoms with Gasteiger partial charge in [-0.1, -0.05) is 6.92 Å². The molecule has 1 aliphatic rings. The van der Waals surface area contributed by atoms with E-state index in [4.69, 9.17) is 4.42 Å². The van der Waals surface area contributed by atoms with Crippen molar-refractivity contribution in [2.45, 2.75) is 13.8 Å². The second-order valence-electron chi connectivity index (χ2n) is 3.58. The van der Waals surface area contributed by atoms with Gasteiger partial charge in [-0.05, 0) is 12.8 Å². The fourth-order valence-electron chi connectivity index (χ4n) is 1.52. The van der Waals surface area contributed by atoms with Gasteiger partial charge in [-0.15, -0.1) is 0 Å². The molecule has 70 valence electrons. The summed E-state index contributed by atoms with van der Waals surface area (Å²) in [6.45, 7) is 5.56. The van der Waals surface area contributed by atoms with Gasteiger partial charge in [0.1, 0.15) is 0 Å². The Morgan fingerprint density at radius 1 is 1.69 bits per heavy atom. The predicted molar refractivity (Wildman–Crippen MR) is 46.3 cm³/mol. The minimum absolute atomic E-state index is 0.0342. The molecule has 4 heteroatoms. The number of nitrogens with zero attached hydrogens (tertiary/aromatic N) is 2. The predicted octanol–water partition coefficient (Wildman–Crippen LogP) is 1.07. The molecule has 0 saturated carbocycles. The van der Waals surface area contributed by atoms with Crippen LogP contribution < -0.4 is 0 Å². The molecule has 1 aromatic heterocycles. The summed E-state index contributed by atoms with van der Waals surface area (Å²) >= 11 is 0. The van der Waals surface area contributed by atoms with Crippen LogP contribution in [-0.4, -0.2) is 28.9 Å². The average Bonchev–Trinajstić information content (AvgIpc) is 2.44. The molecule has 2 rings (SSSR count). The molecule has 13 heavy (non-hydrogen) atoms. The molecule has 1 aliphatic heterocycles. The van der Waals surface area contributed by atoms with Gasteiger partial charge in [-0.25, -0.2) is 4.98 Å². The van der Waals surface area contributed by atoms with Gasteiger partial charge < -0.3 is 9.32 Å². The standard InChI is InChI=1S/C9H12N2O2/c1-6-3-11(4-6)9(12)8-7(2)10-5-13-8/h5-6H,3-4H2,1-2H3. The normalized spacial score (nSPS) is 17.2. The molecule has 0 radical (unpaired) electrons. The van der Waals surface area contributed by atoms with Crippen molar-refractivity contribution in [3.05, 3.63) is 17.8 Å². The van der Waals surface area contributed by atoms with Crippen LogP contribution in [0.2, 0.25) is 0 Å². The summed E-state index contributed by atoms with van der Waals surface area (Å²) in [6.07, 6.45) is 1.31. The Hall–Kier alpha value is -1.32. The van der Waals surface area contributed by atoms with Crippen LogP contribution in [0.25, 0.3) is 0 Å². The summed E-state index contributed by atoms with van der Waals surface area (Å²) in [5.41, 5.74) is 0.671. The van der Waals surface area contributed by atoms with Gasteiger partial charge in [0.15, 0.2) is 6.39 Å². The average molecular weight is 180 g/mol. The first-order valence-corrected chi connectivity index (χ1v) is 4.38. The molecule has 1 amide bonds. The highest BCUT2D eigenvalue weighted by molar-refractivity contribution is 5.92. The maximum atomic E-state index is 11.6. The van der Waals surface area contributed by atoms with Crippen LogP contribution in [0.15, 0.2) is 10.8 Å². The molecule has 2 heterocycles. The number of carbonyl (C=O) groups excluding carboxylic acids is 1.